The second-order valence-electron chi connectivity index (χ2n) is 4.56. The van der Waals surface area contributed by atoms with Crippen LogP contribution >= 0.6 is 27.7 Å². The molecule has 7 heteroatoms. The maximum absolute atomic E-state index is 12.5. The number of rotatable bonds is 4. The van der Waals surface area contributed by atoms with Crippen molar-refractivity contribution in [3.8, 4) is 0 Å². The van der Waals surface area contributed by atoms with Gasteiger partial charge < -0.3 is 4.42 Å². The predicted molar refractivity (Wildman–Crippen MR) is 95.2 cm³/mol. The Labute approximate surface area is 145 Å². The number of halogens is 1. The van der Waals surface area contributed by atoms with Crippen molar-refractivity contribution in [2.75, 3.05) is 6.54 Å². The van der Waals surface area contributed by atoms with E-state index in [9.17, 15) is 4.79 Å². The molecule has 0 N–H and O–H groups in total. The Morgan fingerprint density at radius 2 is 2.30 bits per heavy atom. The molecule has 1 aliphatic rings. The van der Waals surface area contributed by atoms with Crippen LogP contribution in [-0.2, 0) is 4.79 Å². The van der Waals surface area contributed by atoms with Gasteiger partial charge >= 0.3 is 0 Å². The molecular formula is C16H12BrN3O2S. The minimum absolute atomic E-state index is 0.120. The Bertz CT molecular complexity index is 799. The first-order valence-electron chi connectivity index (χ1n) is 6.74. The lowest BCUT2D eigenvalue weighted by Gasteiger charge is -2.12. The first-order valence-corrected chi connectivity index (χ1v) is 8.34. The van der Waals surface area contributed by atoms with Crippen LogP contribution in [-0.4, -0.2) is 27.5 Å². The van der Waals surface area contributed by atoms with Gasteiger partial charge in [0.2, 0.25) is 0 Å². The highest BCUT2D eigenvalue weighted by molar-refractivity contribution is 9.10. The Hall–Kier alpha value is -2.12. The van der Waals surface area contributed by atoms with Crippen molar-refractivity contribution in [3.63, 3.8) is 0 Å². The van der Waals surface area contributed by atoms with Crippen molar-refractivity contribution in [3.05, 3.63) is 64.6 Å². The molecule has 2 aromatic rings. The van der Waals surface area contributed by atoms with Crippen LogP contribution in [0.2, 0.25) is 0 Å². The molecule has 0 unspecified atom stereocenters. The van der Waals surface area contributed by atoms with Crippen LogP contribution in [0.5, 0.6) is 0 Å². The van der Waals surface area contributed by atoms with Gasteiger partial charge in [-0.2, -0.15) is 0 Å². The number of hydrogen-bond donors (Lipinski definition) is 0. The number of carbonyl (C=O) groups excluding carboxylic acids is 1. The van der Waals surface area contributed by atoms with Crippen molar-refractivity contribution >= 4 is 50.5 Å². The molecular weight excluding hydrogens is 378 g/mol. The van der Waals surface area contributed by atoms with Crippen LogP contribution in [0.1, 0.15) is 5.76 Å². The summed E-state index contributed by atoms with van der Waals surface area (Å²) >= 11 is 4.55. The molecule has 0 radical (unpaired) electrons. The summed E-state index contributed by atoms with van der Waals surface area (Å²) in [5, 5.41) is 0.597. The normalized spacial score (nSPS) is 18.1. The highest BCUT2D eigenvalue weighted by Crippen LogP contribution is 2.34. The van der Waals surface area contributed by atoms with Crippen LogP contribution in [0.4, 0.5) is 5.69 Å². The van der Waals surface area contributed by atoms with Crippen LogP contribution in [0.15, 0.2) is 68.3 Å². The van der Waals surface area contributed by atoms with Crippen LogP contribution in [0, 0.1) is 0 Å². The summed E-state index contributed by atoms with van der Waals surface area (Å²) in [6.45, 7) is 4.09. The largest absolute Gasteiger partial charge is 0.450 e. The molecule has 1 aliphatic heterocycles. The van der Waals surface area contributed by atoms with E-state index in [1.54, 1.807) is 47.6 Å². The zero-order chi connectivity index (χ0) is 16.2. The first-order chi connectivity index (χ1) is 11.2. The van der Waals surface area contributed by atoms with E-state index in [0.717, 1.165) is 0 Å². The fraction of sp³-hybridized carbons (Fsp3) is 0.0625. The van der Waals surface area contributed by atoms with E-state index >= 15 is 0 Å². The lowest BCUT2D eigenvalue weighted by Crippen LogP contribution is -2.29. The summed E-state index contributed by atoms with van der Waals surface area (Å²) < 4.78 is 6.05. The van der Waals surface area contributed by atoms with Crippen molar-refractivity contribution in [2.24, 2.45) is 4.99 Å². The standard InChI is InChI=1S/C16H12BrN3O2S/c1-2-8-20-15(21)13(9-12-5-6-14(17)22-12)23-16(20)19-11-4-3-7-18-10-11/h2-7,9-10H,1,8H2/b13-9+,19-16?. The number of hydrogen-bond acceptors (Lipinski definition) is 5. The summed E-state index contributed by atoms with van der Waals surface area (Å²) in [6, 6.07) is 7.21. The fourth-order valence-corrected chi connectivity index (χ4v) is 3.25. The fourth-order valence-electron chi connectivity index (χ4n) is 1.95. The molecule has 1 saturated heterocycles. The van der Waals surface area contributed by atoms with Gasteiger partial charge in [0.05, 0.1) is 16.8 Å². The molecule has 0 saturated carbocycles. The molecule has 0 bridgehead atoms. The van der Waals surface area contributed by atoms with Gasteiger partial charge in [0.25, 0.3) is 5.91 Å². The summed E-state index contributed by atoms with van der Waals surface area (Å²) in [7, 11) is 0. The third-order valence-electron chi connectivity index (χ3n) is 2.94. The molecule has 1 amide bonds. The topological polar surface area (TPSA) is 58.7 Å². The van der Waals surface area contributed by atoms with Gasteiger partial charge in [-0.1, -0.05) is 6.08 Å². The molecule has 5 nitrogen and oxygen atoms in total. The highest BCUT2D eigenvalue weighted by atomic mass is 79.9. The number of furan rings is 1. The van der Waals surface area contributed by atoms with Gasteiger partial charge in [-0.15, -0.1) is 6.58 Å². The second kappa shape index (κ2) is 6.97. The maximum atomic E-state index is 12.5. The monoisotopic (exact) mass is 389 g/mol. The van der Waals surface area contributed by atoms with Gasteiger partial charge in [-0.3, -0.25) is 14.7 Å². The molecule has 23 heavy (non-hydrogen) atoms. The van der Waals surface area contributed by atoms with E-state index in [-0.39, 0.29) is 5.91 Å². The molecule has 3 heterocycles. The van der Waals surface area contributed by atoms with Crippen molar-refractivity contribution in [1.29, 1.82) is 0 Å². The SMILES string of the molecule is C=CCN1C(=O)/C(=C\c2ccc(Br)o2)SC1=Nc1cccnc1. The van der Waals surface area contributed by atoms with Gasteiger partial charge in [0.1, 0.15) is 5.76 Å². The number of carbonyl (C=O) groups is 1. The number of amides is 1. The Balaban J connectivity index is 1.94. The number of thioether (sulfide) groups is 1. The van der Waals surface area contributed by atoms with Gasteiger partial charge in [-0.25, -0.2) is 4.99 Å². The molecule has 0 aromatic carbocycles. The number of pyridine rings is 1. The number of amidine groups is 1. The minimum Gasteiger partial charge on any atom is -0.450 e. The number of aromatic nitrogens is 1. The lowest BCUT2D eigenvalue weighted by atomic mass is 10.3. The summed E-state index contributed by atoms with van der Waals surface area (Å²) in [5.74, 6) is 0.485. The van der Waals surface area contributed by atoms with Crippen LogP contribution in [0.25, 0.3) is 6.08 Å². The van der Waals surface area contributed by atoms with Gasteiger partial charge in [0, 0.05) is 18.8 Å². The summed E-state index contributed by atoms with van der Waals surface area (Å²) in [6.07, 6.45) is 6.71. The van der Waals surface area contributed by atoms with Crippen molar-refractivity contribution in [2.45, 2.75) is 0 Å². The highest BCUT2D eigenvalue weighted by Gasteiger charge is 2.32. The third kappa shape index (κ3) is 3.62. The second-order valence-corrected chi connectivity index (χ2v) is 6.35. The Morgan fingerprint density at radius 3 is 2.96 bits per heavy atom. The van der Waals surface area contributed by atoms with E-state index in [2.05, 4.69) is 32.5 Å². The third-order valence-corrected chi connectivity index (χ3v) is 4.37. The quantitative estimate of drug-likeness (QED) is 0.579. The number of nitrogens with zero attached hydrogens (tertiary/aromatic N) is 3. The van der Waals surface area contributed by atoms with E-state index in [0.29, 0.717) is 32.7 Å². The first kappa shape index (κ1) is 15.8. The average Bonchev–Trinajstić information content (AvgIpc) is 3.08. The van der Waals surface area contributed by atoms with Crippen molar-refractivity contribution < 1.29 is 9.21 Å². The molecule has 0 atom stereocenters. The molecule has 0 aliphatic carbocycles. The Morgan fingerprint density at radius 1 is 1.43 bits per heavy atom. The van der Waals surface area contributed by atoms with Crippen LogP contribution in [0.3, 0.4) is 0 Å². The van der Waals surface area contributed by atoms with E-state index in [1.807, 2.05) is 6.07 Å². The molecule has 1 fully saturated rings. The van der Waals surface area contributed by atoms with Crippen LogP contribution < -0.4 is 0 Å². The van der Waals surface area contributed by atoms with Crippen molar-refractivity contribution in [1.82, 2.24) is 9.88 Å². The summed E-state index contributed by atoms with van der Waals surface area (Å²) in [4.78, 5) is 23.2. The molecule has 2 aromatic heterocycles. The van der Waals surface area contributed by atoms with E-state index in [4.69, 9.17) is 4.42 Å². The molecule has 3 rings (SSSR count). The minimum atomic E-state index is -0.120. The zero-order valence-electron chi connectivity index (χ0n) is 12.0. The Kier molecular flexibility index (Phi) is 4.78. The lowest BCUT2D eigenvalue weighted by molar-refractivity contribution is -0.121. The maximum Gasteiger partial charge on any atom is 0.267 e. The molecule has 0 spiro atoms. The zero-order valence-corrected chi connectivity index (χ0v) is 14.4. The summed E-state index contributed by atoms with van der Waals surface area (Å²) in [5.41, 5.74) is 0.693. The van der Waals surface area contributed by atoms with Gasteiger partial charge in [-0.05, 0) is 52.0 Å². The predicted octanol–water partition coefficient (Wildman–Crippen LogP) is 4.23. The molecule has 116 valence electrons. The van der Waals surface area contributed by atoms with Gasteiger partial charge in [0.15, 0.2) is 9.84 Å². The van der Waals surface area contributed by atoms with E-state index in [1.165, 1.54) is 11.8 Å². The number of aliphatic imine (C=N–C) groups is 1. The smallest absolute Gasteiger partial charge is 0.267 e. The average molecular weight is 390 g/mol. The van der Waals surface area contributed by atoms with E-state index < -0.39 is 0 Å².